The molecule has 0 aliphatic heterocycles. The summed E-state index contributed by atoms with van der Waals surface area (Å²) in [5.41, 5.74) is 0. The number of hydrogen-bond donors (Lipinski definition) is 0. The van der Waals surface area contributed by atoms with Gasteiger partial charge in [-0.15, -0.1) is 0 Å². The zero-order chi connectivity index (χ0) is 9.84. The molecule has 0 aromatic rings. The van der Waals surface area contributed by atoms with Crippen LogP contribution in [0.5, 0.6) is 0 Å². The molecule has 76 valence electrons. The fraction of sp³-hybridized carbons (Fsp3) is 0.889. The minimum absolute atomic E-state index is 0.173. The van der Waals surface area contributed by atoms with Crippen molar-refractivity contribution < 1.29 is 13.6 Å². The highest BCUT2D eigenvalue weighted by atomic mass is 19.3. The Bertz CT molecular complexity index is 174. The normalized spacial score (nSPS) is 20.2. The largest absolute Gasteiger partial charge is 0.300 e. The van der Waals surface area contributed by atoms with Crippen molar-refractivity contribution in [3.8, 4) is 0 Å². The maximum atomic E-state index is 12.0. The summed E-state index contributed by atoms with van der Waals surface area (Å²) in [7, 11) is 1.70. The minimum atomic E-state index is -2.28. The highest BCUT2D eigenvalue weighted by molar-refractivity contribution is 5.79. The van der Waals surface area contributed by atoms with Gasteiger partial charge in [0.25, 0.3) is 6.43 Å². The molecular weight excluding hydrogens is 176 g/mol. The van der Waals surface area contributed by atoms with Crippen LogP contribution in [0.25, 0.3) is 0 Å². The van der Waals surface area contributed by atoms with E-state index in [1.54, 1.807) is 11.9 Å². The van der Waals surface area contributed by atoms with E-state index in [1.165, 1.54) is 0 Å². The van der Waals surface area contributed by atoms with E-state index in [1.807, 2.05) is 0 Å². The second-order valence-corrected chi connectivity index (χ2v) is 3.60. The van der Waals surface area contributed by atoms with E-state index >= 15 is 0 Å². The van der Waals surface area contributed by atoms with Crippen LogP contribution >= 0.6 is 0 Å². The van der Waals surface area contributed by atoms with Crippen LogP contribution in [-0.4, -0.2) is 36.7 Å². The Hall–Kier alpha value is -0.510. The first-order chi connectivity index (χ1) is 6.09. The van der Waals surface area contributed by atoms with E-state index in [2.05, 4.69) is 0 Å². The van der Waals surface area contributed by atoms with Crippen molar-refractivity contribution in [1.29, 1.82) is 0 Å². The molecule has 0 N–H and O–H groups in total. The maximum Gasteiger partial charge on any atom is 0.251 e. The van der Waals surface area contributed by atoms with Crippen LogP contribution in [0.15, 0.2) is 0 Å². The van der Waals surface area contributed by atoms with Crippen LogP contribution < -0.4 is 0 Å². The number of nitrogens with zero attached hydrogens (tertiary/aromatic N) is 1. The Morgan fingerprint density at radius 3 is 2.46 bits per heavy atom. The van der Waals surface area contributed by atoms with Crippen LogP contribution in [0.2, 0.25) is 0 Å². The summed E-state index contributed by atoms with van der Waals surface area (Å²) in [6, 6.07) is 0.173. The lowest BCUT2D eigenvalue weighted by atomic mass is 9.93. The Morgan fingerprint density at radius 2 is 2.00 bits per heavy atom. The molecule has 13 heavy (non-hydrogen) atoms. The van der Waals surface area contributed by atoms with Gasteiger partial charge >= 0.3 is 0 Å². The van der Waals surface area contributed by atoms with E-state index in [-0.39, 0.29) is 18.4 Å². The maximum absolute atomic E-state index is 12.0. The van der Waals surface area contributed by atoms with Gasteiger partial charge < -0.3 is 0 Å². The van der Waals surface area contributed by atoms with Crippen molar-refractivity contribution in [3.63, 3.8) is 0 Å². The Labute approximate surface area is 76.9 Å². The fourth-order valence-electron chi connectivity index (χ4n) is 1.73. The van der Waals surface area contributed by atoms with Crippen molar-refractivity contribution in [1.82, 2.24) is 4.90 Å². The summed E-state index contributed by atoms with van der Waals surface area (Å²) < 4.78 is 24.0. The van der Waals surface area contributed by atoms with Gasteiger partial charge in [0.05, 0.1) is 6.54 Å². The number of alkyl halides is 2. The Kier molecular flexibility index (Phi) is 3.78. The number of Topliss-reactive ketones (excluding diaryl/α,β-unsaturated/α-hetero) is 1. The molecule has 1 fully saturated rings. The van der Waals surface area contributed by atoms with Gasteiger partial charge in [-0.05, 0) is 19.9 Å². The molecule has 0 unspecified atom stereocenters. The number of carbonyl (C=O) groups excluding carboxylic acids is 1. The first-order valence-electron chi connectivity index (χ1n) is 4.59. The lowest BCUT2D eigenvalue weighted by Gasteiger charge is -2.30. The molecule has 1 aliphatic rings. The third-order valence-electron chi connectivity index (χ3n) is 2.56. The smallest absolute Gasteiger partial charge is 0.251 e. The molecule has 1 rings (SSSR count). The molecule has 0 aromatic heterocycles. The molecule has 0 amide bonds. The molecule has 1 aliphatic carbocycles. The van der Waals surface area contributed by atoms with Gasteiger partial charge in [0.15, 0.2) is 0 Å². The zero-order valence-electron chi connectivity index (χ0n) is 7.80. The molecule has 0 atom stereocenters. The molecule has 1 saturated carbocycles. The highest BCUT2D eigenvalue weighted by Gasteiger charge is 2.23. The lowest BCUT2D eigenvalue weighted by molar-refractivity contribution is -0.121. The average molecular weight is 191 g/mol. The molecular formula is C9H15F2NO. The summed E-state index contributed by atoms with van der Waals surface area (Å²) in [6.07, 6.45) is 0.309. The number of halogens is 2. The van der Waals surface area contributed by atoms with Crippen LogP contribution in [0, 0.1) is 0 Å². The molecule has 0 spiro atoms. The second kappa shape index (κ2) is 4.65. The number of hydrogen-bond acceptors (Lipinski definition) is 2. The standard InChI is InChI=1S/C9H15F2NO/c1-12(6-9(10)11)7-2-4-8(13)5-3-7/h7,9H,2-6H2,1H3. The van der Waals surface area contributed by atoms with Gasteiger partial charge in [-0.2, -0.15) is 0 Å². The summed E-state index contributed by atoms with van der Waals surface area (Å²) in [6.45, 7) is -0.182. The fourth-order valence-corrected chi connectivity index (χ4v) is 1.73. The van der Waals surface area contributed by atoms with E-state index in [0.717, 1.165) is 12.8 Å². The van der Waals surface area contributed by atoms with Crippen LogP contribution in [0.3, 0.4) is 0 Å². The van der Waals surface area contributed by atoms with Crippen molar-refractivity contribution in [2.75, 3.05) is 13.6 Å². The Balaban J connectivity index is 2.31. The van der Waals surface area contributed by atoms with Crippen molar-refractivity contribution >= 4 is 5.78 Å². The quantitative estimate of drug-likeness (QED) is 0.676. The number of carbonyl (C=O) groups is 1. The van der Waals surface area contributed by atoms with Crippen molar-refractivity contribution in [2.45, 2.75) is 38.2 Å². The number of rotatable bonds is 3. The van der Waals surface area contributed by atoms with Crippen LogP contribution in [0.1, 0.15) is 25.7 Å². The molecule has 2 nitrogen and oxygen atoms in total. The van der Waals surface area contributed by atoms with E-state index in [9.17, 15) is 13.6 Å². The highest BCUT2D eigenvalue weighted by Crippen LogP contribution is 2.19. The third-order valence-corrected chi connectivity index (χ3v) is 2.56. The predicted octanol–water partition coefficient (Wildman–Crippen LogP) is 1.70. The summed E-state index contributed by atoms with van der Waals surface area (Å²) >= 11 is 0. The monoisotopic (exact) mass is 191 g/mol. The summed E-state index contributed by atoms with van der Waals surface area (Å²) in [5, 5.41) is 0. The Morgan fingerprint density at radius 1 is 1.46 bits per heavy atom. The van der Waals surface area contributed by atoms with E-state index in [4.69, 9.17) is 0 Å². The van der Waals surface area contributed by atoms with Crippen LogP contribution in [0.4, 0.5) is 8.78 Å². The van der Waals surface area contributed by atoms with Gasteiger partial charge in [-0.25, -0.2) is 8.78 Å². The second-order valence-electron chi connectivity index (χ2n) is 3.60. The zero-order valence-corrected chi connectivity index (χ0v) is 7.80. The van der Waals surface area contributed by atoms with Gasteiger partial charge in [-0.3, -0.25) is 9.69 Å². The summed E-state index contributed by atoms with van der Waals surface area (Å²) in [4.78, 5) is 12.6. The van der Waals surface area contributed by atoms with Crippen LogP contribution in [-0.2, 0) is 4.79 Å². The van der Waals surface area contributed by atoms with Gasteiger partial charge in [-0.1, -0.05) is 0 Å². The van der Waals surface area contributed by atoms with Crippen molar-refractivity contribution in [3.05, 3.63) is 0 Å². The third kappa shape index (κ3) is 3.38. The van der Waals surface area contributed by atoms with E-state index in [0.29, 0.717) is 12.8 Å². The lowest BCUT2D eigenvalue weighted by Crippen LogP contribution is -2.38. The first kappa shape index (κ1) is 10.6. The molecule has 0 bridgehead atoms. The number of ketones is 1. The topological polar surface area (TPSA) is 20.3 Å². The van der Waals surface area contributed by atoms with Gasteiger partial charge in [0.1, 0.15) is 5.78 Å². The first-order valence-corrected chi connectivity index (χ1v) is 4.59. The molecule has 4 heteroatoms. The summed E-state index contributed by atoms with van der Waals surface area (Å²) in [5.74, 6) is 0.265. The average Bonchev–Trinajstić information content (AvgIpc) is 2.04. The van der Waals surface area contributed by atoms with Crippen molar-refractivity contribution in [2.24, 2.45) is 0 Å². The molecule has 0 aromatic carbocycles. The SMILES string of the molecule is CN(CC(F)F)C1CCC(=O)CC1. The molecule has 0 saturated heterocycles. The minimum Gasteiger partial charge on any atom is -0.300 e. The predicted molar refractivity (Wildman–Crippen MR) is 45.9 cm³/mol. The molecule has 0 heterocycles. The van der Waals surface area contributed by atoms with Gasteiger partial charge in [0, 0.05) is 18.9 Å². The van der Waals surface area contributed by atoms with Gasteiger partial charge in [0.2, 0.25) is 0 Å². The molecule has 0 radical (unpaired) electrons. The van der Waals surface area contributed by atoms with E-state index < -0.39 is 6.43 Å².